The molecule has 0 aliphatic rings. The van der Waals surface area contributed by atoms with E-state index < -0.39 is 5.97 Å². The van der Waals surface area contributed by atoms with Gasteiger partial charge in [-0.3, -0.25) is 9.48 Å². The van der Waals surface area contributed by atoms with Crippen LogP contribution in [0.2, 0.25) is 0 Å². The average molecular weight is 284 g/mol. The van der Waals surface area contributed by atoms with Crippen LogP contribution in [0.4, 0.5) is 0 Å². The summed E-state index contributed by atoms with van der Waals surface area (Å²) in [5.74, 6) is -1.12. The summed E-state index contributed by atoms with van der Waals surface area (Å²) in [6.45, 7) is 0.243. The first-order valence-electron chi connectivity index (χ1n) is 6.27. The average Bonchev–Trinajstić information content (AvgIpc) is 2.87. The molecule has 106 valence electrons. The Balaban J connectivity index is 2.23. The van der Waals surface area contributed by atoms with Crippen LogP contribution in [0.5, 0.6) is 0 Å². The molecule has 0 aliphatic heterocycles. The molecule has 0 spiro atoms. The minimum absolute atomic E-state index is 0.00555. The molecule has 2 aromatic heterocycles. The zero-order valence-electron chi connectivity index (χ0n) is 11.2. The quantitative estimate of drug-likeness (QED) is 0.771. The molecule has 0 bridgehead atoms. The number of pyridine rings is 1. The highest BCUT2D eigenvalue weighted by molar-refractivity contribution is 6.02. The molecule has 21 heavy (non-hydrogen) atoms. The lowest BCUT2D eigenvalue weighted by atomic mass is 10.1. The van der Waals surface area contributed by atoms with E-state index in [0.717, 1.165) is 6.07 Å². The molecular weight excluding hydrogens is 272 g/mol. The molecule has 1 aromatic carbocycles. The van der Waals surface area contributed by atoms with Crippen LogP contribution in [-0.2, 0) is 13.6 Å². The molecule has 3 rings (SSSR count). The molecule has 7 nitrogen and oxygen atoms in total. The van der Waals surface area contributed by atoms with Gasteiger partial charge in [-0.05, 0) is 6.07 Å². The molecule has 1 N–H and O–H groups in total. The molecule has 0 aliphatic carbocycles. The number of fused-ring (bicyclic) bond motifs is 1. The summed E-state index contributed by atoms with van der Waals surface area (Å²) in [6, 6.07) is 8.05. The Morgan fingerprint density at radius 1 is 1.33 bits per heavy atom. The van der Waals surface area contributed by atoms with Crippen LogP contribution >= 0.6 is 0 Å². The van der Waals surface area contributed by atoms with Crippen LogP contribution in [0.15, 0.2) is 41.3 Å². The highest BCUT2D eigenvalue weighted by Crippen LogP contribution is 2.17. The van der Waals surface area contributed by atoms with Gasteiger partial charge in [0.1, 0.15) is 5.69 Å². The fourth-order valence-corrected chi connectivity index (χ4v) is 2.30. The van der Waals surface area contributed by atoms with E-state index in [2.05, 4.69) is 10.3 Å². The van der Waals surface area contributed by atoms with Crippen molar-refractivity contribution in [1.82, 2.24) is 19.6 Å². The SMILES string of the molecule is Cn1cc(Cn2c(=O)cc(C(=O)O)c3ccccc32)nn1. The van der Waals surface area contributed by atoms with Crippen molar-refractivity contribution in [2.45, 2.75) is 6.54 Å². The molecule has 2 heterocycles. The lowest BCUT2D eigenvalue weighted by Gasteiger charge is -2.10. The smallest absolute Gasteiger partial charge is 0.336 e. The molecule has 0 saturated carbocycles. The summed E-state index contributed by atoms with van der Waals surface area (Å²) in [6.07, 6.45) is 1.71. The van der Waals surface area contributed by atoms with Crippen LogP contribution in [0.25, 0.3) is 10.9 Å². The van der Waals surface area contributed by atoms with E-state index in [4.69, 9.17) is 0 Å². The Hall–Kier alpha value is -2.96. The maximum atomic E-state index is 12.2. The number of para-hydroxylation sites is 1. The number of rotatable bonds is 3. The Bertz CT molecular complexity index is 895. The maximum absolute atomic E-state index is 12.2. The summed E-state index contributed by atoms with van der Waals surface area (Å²) in [4.78, 5) is 23.5. The first kappa shape index (κ1) is 13.0. The summed E-state index contributed by atoms with van der Waals surface area (Å²) in [7, 11) is 1.74. The van der Waals surface area contributed by atoms with Gasteiger partial charge in [0.05, 0.1) is 17.6 Å². The van der Waals surface area contributed by atoms with E-state index in [1.165, 1.54) is 4.57 Å². The fraction of sp³-hybridized carbons (Fsp3) is 0.143. The van der Waals surface area contributed by atoms with Gasteiger partial charge in [0, 0.05) is 24.7 Å². The van der Waals surface area contributed by atoms with Gasteiger partial charge >= 0.3 is 5.97 Å². The highest BCUT2D eigenvalue weighted by atomic mass is 16.4. The monoisotopic (exact) mass is 284 g/mol. The molecular formula is C14H12N4O3. The van der Waals surface area contributed by atoms with E-state index >= 15 is 0 Å². The van der Waals surface area contributed by atoms with Crippen molar-refractivity contribution in [3.63, 3.8) is 0 Å². The molecule has 0 amide bonds. The van der Waals surface area contributed by atoms with Crippen molar-refractivity contribution in [3.05, 3.63) is 58.1 Å². The first-order valence-corrected chi connectivity index (χ1v) is 6.27. The zero-order valence-corrected chi connectivity index (χ0v) is 11.2. The predicted octanol–water partition coefficient (Wildman–Crippen LogP) is 0.876. The van der Waals surface area contributed by atoms with Crippen molar-refractivity contribution in [3.8, 4) is 0 Å². The van der Waals surface area contributed by atoms with Gasteiger partial charge in [0.25, 0.3) is 5.56 Å². The van der Waals surface area contributed by atoms with Crippen LogP contribution in [0.3, 0.4) is 0 Å². The minimum Gasteiger partial charge on any atom is -0.478 e. The number of carboxylic acid groups (broad SMARTS) is 1. The lowest BCUT2D eigenvalue weighted by Crippen LogP contribution is -2.22. The van der Waals surface area contributed by atoms with Gasteiger partial charge < -0.3 is 9.67 Å². The third-order valence-corrected chi connectivity index (χ3v) is 3.22. The van der Waals surface area contributed by atoms with E-state index in [0.29, 0.717) is 16.6 Å². The van der Waals surface area contributed by atoms with Crippen molar-refractivity contribution in [1.29, 1.82) is 0 Å². The number of carboxylic acids is 1. The number of benzene rings is 1. The molecule has 7 heteroatoms. The second kappa shape index (κ2) is 4.86. The topological polar surface area (TPSA) is 90.0 Å². The zero-order chi connectivity index (χ0) is 15.0. The summed E-state index contributed by atoms with van der Waals surface area (Å²) in [5, 5.41) is 17.5. The minimum atomic E-state index is -1.12. The number of carbonyl (C=O) groups is 1. The molecule has 3 aromatic rings. The standard InChI is InChI=1S/C14H12N4O3/c1-17-7-9(15-16-17)8-18-12-5-3-2-4-10(12)11(14(20)21)6-13(18)19/h2-7H,8H2,1H3,(H,20,21). The number of hydrogen-bond acceptors (Lipinski definition) is 4. The number of nitrogens with zero attached hydrogens (tertiary/aromatic N) is 4. The Morgan fingerprint density at radius 3 is 2.76 bits per heavy atom. The second-order valence-electron chi connectivity index (χ2n) is 4.69. The van der Waals surface area contributed by atoms with Gasteiger partial charge in [-0.25, -0.2) is 4.79 Å². The molecule has 0 radical (unpaired) electrons. The fourth-order valence-electron chi connectivity index (χ4n) is 2.30. The van der Waals surface area contributed by atoms with Crippen molar-refractivity contribution < 1.29 is 9.90 Å². The van der Waals surface area contributed by atoms with E-state index in [1.807, 2.05) is 0 Å². The van der Waals surface area contributed by atoms with Crippen molar-refractivity contribution in [2.75, 3.05) is 0 Å². The summed E-state index contributed by atoms with van der Waals surface area (Å²) in [5.41, 5.74) is 0.823. The first-order chi connectivity index (χ1) is 10.1. The summed E-state index contributed by atoms with van der Waals surface area (Å²) >= 11 is 0. The van der Waals surface area contributed by atoms with E-state index in [1.54, 1.807) is 42.2 Å². The van der Waals surface area contributed by atoms with Gasteiger partial charge in [0.15, 0.2) is 0 Å². The number of aromatic carboxylic acids is 1. The van der Waals surface area contributed by atoms with Crippen LogP contribution in [0, 0.1) is 0 Å². The van der Waals surface area contributed by atoms with Gasteiger partial charge in [0.2, 0.25) is 0 Å². The normalized spacial score (nSPS) is 10.9. The van der Waals surface area contributed by atoms with E-state index in [-0.39, 0.29) is 17.7 Å². The molecule has 0 unspecified atom stereocenters. The van der Waals surface area contributed by atoms with Gasteiger partial charge in [-0.15, -0.1) is 5.10 Å². The van der Waals surface area contributed by atoms with E-state index in [9.17, 15) is 14.7 Å². The third kappa shape index (κ3) is 2.29. The summed E-state index contributed by atoms with van der Waals surface area (Å²) < 4.78 is 3.04. The Labute approximate surface area is 119 Å². The highest BCUT2D eigenvalue weighted by Gasteiger charge is 2.14. The molecule has 0 atom stereocenters. The molecule has 0 saturated heterocycles. The predicted molar refractivity (Wildman–Crippen MR) is 75.3 cm³/mol. The molecule has 0 fully saturated rings. The third-order valence-electron chi connectivity index (χ3n) is 3.22. The number of aryl methyl sites for hydroxylation is 1. The van der Waals surface area contributed by atoms with Gasteiger partial charge in [-0.1, -0.05) is 23.4 Å². The largest absolute Gasteiger partial charge is 0.478 e. The van der Waals surface area contributed by atoms with Crippen LogP contribution < -0.4 is 5.56 Å². The lowest BCUT2D eigenvalue weighted by molar-refractivity contribution is 0.0698. The van der Waals surface area contributed by atoms with Crippen molar-refractivity contribution in [2.24, 2.45) is 7.05 Å². The Kier molecular flexibility index (Phi) is 3.02. The van der Waals surface area contributed by atoms with Crippen LogP contribution in [-0.4, -0.2) is 30.6 Å². The van der Waals surface area contributed by atoms with Crippen molar-refractivity contribution >= 4 is 16.9 Å². The number of hydrogen-bond donors (Lipinski definition) is 1. The number of aromatic nitrogens is 4. The van der Waals surface area contributed by atoms with Gasteiger partial charge in [-0.2, -0.15) is 0 Å². The Morgan fingerprint density at radius 2 is 2.10 bits per heavy atom. The second-order valence-corrected chi connectivity index (χ2v) is 4.69. The van der Waals surface area contributed by atoms with Crippen LogP contribution in [0.1, 0.15) is 16.1 Å². The maximum Gasteiger partial charge on any atom is 0.336 e.